The van der Waals surface area contributed by atoms with Crippen molar-refractivity contribution in [2.75, 3.05) is 40.5 Å². The van der Waals surface area contributed by atoms with Crippen LogP contribution in [0.15, 0.2) is 36.4 Å². The predicted octanol–water partition coefficient (Wildman–Crippen LogP) is 5.24. The van der Waals surface area contributed by atoms with E-state index in [2.05, 4.69) is 14.9 Å². The zero-order chi connectivity index (χ0) is 22.3. The second-order valence-corrected chi connectivity index (χ2v) is 7.81. The van der Waals surface area contributed by atoms with Gasteiger partial charge >= 0.3 is 5.97 Å². The van der Waals surface area contributed by atoms with Crippen LogP contribution in [0.25, 0.3) is 23.2 Å². The van der Waals surface area contributed by atoms with E-state index in [4.69, 9.17) is 14.2 Å². The highest BCUT2D eigenvalue weighted by atomic mass is 35.5. The number of carbonyl (C=O) groups is 1. The maximum atomic E-state index is 12.0. The van der Waals surface area contributed by atoms with E-state index in [0.29, 0.717) is 29.3 Å². The van der Waals surface area contributed by atoms with Crippen LogP contribution in [0.5, 0.6) is 11.5 Å². The molecule has 0 bridgehead atoms. The fraction of sp³-hybridized carbons (Fsp3) is 0.360. The number of esters is 1. The molecule has 4 rings (SSSR count). The fourth-order valence-electron chi connectivity index (χ4n) is 3.96. The van der Waals surface area contributed by atoms with E-state index in [1.165, 1.54) is 26.4 Å². The summed E-state index contributed by atoms with van der Waals surface area (Å²) in [5.74, 6) is 1.69. The highest BCUT2D eigenvalue weighted by molar-refractivity contribution is 6.02. The lowest BCUT2D eigenvalue weighted by Gasteiger charge is -2.26. The molecule has 0 saturated carbocycles. The van der Waals surface area contributed by atoms with Crippen molar-refractivity contribution in [3.63, 3.8) is 0 Å². The number of hydrogen-bond acceptors (Lipinski definition) is 6. The number of aromatic nitrogens is 2. The Bertz CT molecular complexity index is 1110. The molecule has 0 radical (unpaired) electrons. The molecule has 2 heterocycles. The Kier molecular flexibility index (Phi) is 10.7. The SMILES string of the molecule is COC(=O)c1cccc2[nH]c(/C=C/c3ccc(OC)c(OCCN4CCCCC4)c3)nc12.Cl.Cl. The zero-order valence-electron chi connectivity index (χ0n) is 19.4. The van der Waals surface area contributed by atoms with Gasteiger partial charge in [0.05, 0.1) is 25.3 Å². The molecule has 34 heavy (non-hydrogen) atoms. The first-order valence-corrected chi connectivity index (χ1v) is 11.0. The fourth-order valence-corrected chi connectivity index (χ4v) is 3.96. The second-order valence-electron chi connectivity index (χ2n) is 7.81. The summed E-state index contributed by atoms with van der Waals surface area (Å²) in [5.41, 5.74) is 2.78. The maximum Gasteiger partial charge on any atom is 0.340 e. The Morgan fingerprint density at radius 3 is 2.59 bits per heavy atom. The van der Waals surface area contributed by atoms with Gasteiger partial charge in [-0.15, -0.1) is 24.8 Å². The quantitative estimate of drug-likeness (QED) is 0.420. The second kappa shape index (κ2) is 13.2. The molecule has 1 aromatic heterocycles. The molecule has 0 aliphatic carbocycles. The molecule has 1 aliphatic heterocycles. The highest BCUT2D eigenvalue weighted by Crippen LogP contribution is 2.29. The molecule has 184 valence electrons. The van der Waals surface area contributed by atoms with Crippen molar-refractivity contribution in [2.24, 2.45) is 0 Å². The van der Waals surface area contributed by atoms with Crippen molar-refractivity contribution < 1.29 is 19.0 Å². The average Bonchev–Trinajstić information content (AvgIpc) is 3.26. The van der Waals surface area contributed by atoms with Crippen LogP contribution >= 0.6 is 24.8 Å². The number of hydrogen-bond donors (Lipinski definition) is 1. The smallest absolute Gasteiger partial charge is 0.340 e. The number of likely N-dealkylation sites (tertiary alicyclic amines) is 1. The van der Waals surface area contributed by atoms with Crippen LogP contribution in [-0.2, 0) is 4.74 Å². The molecule has 0 unspecified atom stereocenters. The van der Waals surface area contributed by atoms with E-state index in [1.807, 2.05) is 36.4 Å². The molecule has 1 N–H and O–H groups in total. The Balaban J connectivity index is 0.00000204. The lowest BCUT2D eigenvalue weighted by Crippen LogP contribution is -2.33. The lowest BCUT2D eigenvalue weighted by molar-refractivity contribution is 0.0603. The third kappa shape index (κ3) is 6.65. The van der Waals surface area contributed by atoms with Gasteiger partial charge in [0.1, 0.15) is 17.9 Å². The Hall–Kier alpha value is -2.74. The number of imidazole rings is 1. The molecule has 0 atom stereocenters. The van der Waals surface area contributed by atoms with Crippen LogP contribution in [0.2, 0.25) is 0 Å². The Morgan fingerprint density at radius 1 is 1.06 bits per heavy atom. The molecule has 1 aliphatic rings. The van der Waals surface area contributed by atoms with Crippen LogP contribution in [0.1, 0.15) is 41.0 Å². The van der Waals surface area contributed by atoms with Crippen LogP contribution in [0, 0.1) is 0 Å². The van der Waals surface area contributed by atoms with Gasteiger partial charge < -0.3 is 19.2 Å². The van der Waals surface area contributed by atoms with Crippen molar-refractivity contribution in [3.05, 3.63) is 53.3 Å². The standard InChI is InChI=1S/C25H29N3O4.2ClH/c1-30-21-11-9-18(17-22(21)32-16-15-28-13-4-3-5-14-28)10-12-23-26-20-8-6-7-19(24(20)27-23)25(29)31-2;;/h6-12,17H,3-5,13-16H2,1-2H3,(H,26,27);2*1H/b12-10+;;. The van der Waals surface area contributed by atoms with Crippen molar-refractivity contribution >= 4 is 54.0 Å². The highest BCUT2D eigenvalue weighted by Gasteiger charge is 2.13. The molecule has 2 aromatic carbocycles. The van der Waals surface area contributed by atoms with E-state index in [9.17, 15) is 4.79 Å². The zero-order valence-corrected chi connectivity index (χ0v) is 21.0. The topological polar surface area (TPSA) is 76.7 Å². The van der Waals surface area contributed by atoms with Crippen LogP contribution in [0.4, 0.5) is 0 Å². The summed E-state index contributed by atoms with van der Waals surface area (Å²) in [6, 6.07) is 11.2. The number of benzene rings is 2. The number of carbonyl (C=O) groups excluding carboxylic acids is 1. The normalized spacial score (nSPS) is 13.8. The number of aromatic amines is 1. The minimum Gasteiger partial charge on any atom is -0.493 e. The van der Waals surface area contributed by atoms with Gasteiger partial charge in [0, 0.05) is 6.54 Å². The van der Waals surface area contributed by atoms with Gasteiger partial charge in [-0.05, 0) is 61.8 Å². The number of ether oxygens (including phenoxy) is 3. The number of para-hydroxylation sites is 1. The van der Waals surface area contributed by atoms with Crippen molar-refractivity contribution in [3.8, 4) is 11.5 Å². The molecule has 9 heteroatoms. The number of piperidine rings is 1. The number of nitrogens with zero attached hydrogens (tertiary/aromatic N) is 2. The Morgan fingerprint density at radius 2 is 1.85 bits per heavy atom. The molecular formula is C25H31Cl2N3O4. The van der Waals surface area contributed by atoms with Gasteiger partial charge in [-0.25, -0.2) is 9.78 Å². The van der Waals surface area contributed by atoms with Gasteiger partial charge in [-0.1, -0.05) is 24.6 Å². The minimum absolute atomic E-state index is 0. The summed E-state index contributed by atoms with van der Waals surface area (Å²) in [4.78, 5) is 22.2. The van der Waals surface area contributed by atoms with E-state index in [0.717, 1.165) is 36.5 Å². The molecule has 1 fully saturated rings. The minimum atomic E-state index is -0.404. The largest absolute Gasteiger partial charge is 0.493 e. The number of methoxy groups -OCH3 is 2. The first-order valence-electron chi connectivity index (χ1n) is 11.0. The predicted molar refractivity (Wildman–Crippen MR) is 140 cm³/mol. The molecule has 3 aromatic rings. The van der Waals surface area contributed by atoms with E-state index >= 15 is 0 Å². The van der Waals surface area contributed by atoms with Crippen molar-refractivity contribution in [1.82, 2.24) is 14.9 Å². The number of halogens is 2. The summed E-state index contributed by atoms with van der Waals surface area (Å²) in [6.45, 7) is 3.85. The average molecular weight is 508 g/mol. The number of rotatable bonds is 8. The van der Waals surface area contributed by atoms with Crippen molar-refractivity contribution in [2.45, 2.75) is 19.3 Å². The monoisotopic (exact) mass is 507 g/mol. The third-order valence-electron chi connectivity index (χ3n) is 5.67. The van der Waals surface area contributed by atoms with E-state index in [-0.39, 0.29) is 24.8 Å². The molecular weight excluding hydrogens is 477 g/mol. The summed E-state index contributed by atoms with van der Waals surface area (Å²) in [5, 5.41) is 0. The van der Waals surface area contributed by atoms with E-state index < -0.39 is 5.97 Å². The first kappa shape index (κ1) is 27.5. The van der Waals surface area contributed by atoms with Gasteiger partial charge in [0.25, 0.3) is 0 Å². The van der Waals surface area contributed by atoms with E-state index in [1.54, 1.807) is 19.2 Å². The number of H-pyrrole nitrogens is 1. The molecule has 1 saturated heterocycles. The lowest BCUT2D eigenvalue weighted by atomic mass is 10.1. The molecule has 0 spiro atoms. The first-order chi connectivity index (χ1) is 15.7. The van der Waals surface area contributed by atoms with Crippen LogP contribution < -0.4 is 9.47 Å². The van der Waals surface area contributed by atoms with Gasteiger partial charge in [-0.2, -0.15) is 0 Å². The molecule has 0 amide bonds. The van der Waals surface area contributed by atoms with Gasteiger partial charge in [0.15, 0.2) is 11.5 Å². The molecule has 7 nitrogen and oxygen atoms in total. The summed E-state index contributed by atoms with van der Waals surface area (Å²) in [7, 11) is 3.01. The third-order valence-corrected chi connectivity index (χ3v) is 5.67. The summed E-state index contributed by atoms with van der Waals surface area (Å²) < 4.78 is 16.4. The van der Waals surface area contributed by atoms with Crippen LogP contribution in [-0.4, -0.2) is 61.3 Å². The van der Waals surface area contributed by atoms with Crippen LogP contribution in [0.3, 0.4) is 0 Å². The van der Waals surface area contributed by atoms with Gasteiger partial charge in [0.2, 0.25) is 0 Å². The summed E-state index contributed by atoms with van der Waals surface area (Å²) in [6.07, 6.45) is 7.70. The maximum absolute atomic E-state index is 12.0. The number of fused-ring (bicyclic) bond motifs is 1. The summed E-state index contributed by atoms with van der Waals surface area (Å²) >= 11 is 0. The Labute approximate surface area is 212 Å². The van der Waals surface area contributed by atoms with Crippen molar-refractivity contribution in [1.29, 1.82) is 0 Å². The number of nitrogens with one attached hydrogen (secondary N) is 1. The van der Waals surface area contributed by atoms with Gasteiger partial charge in [-0.3, -0.25) is 4.90 Å².